The van der Waals surface area contributed by atoms with Gasteiger partial charge in [-0.05, 0) is 30.5 Å². The number of halogens is 1. The van der Waals surface area contributed by atoms with Gasteiger partial charge in [0.05, 0.1) is 0 Å². The van der Waals surface area contributed by atoms with E-state index in [1.807, 2.05) is 32.0 Å². The van der Waals surface area contributed by atoms with E-state index in [0.717, 1.165) is 10.9 Å². The number of hydrogen-bond acceptors (Lipinski definition) is 2. The summed E-state index contributed by atoms with van der Waals surface area (Å²) in [6.45, 7) is 3.90. The van der Waals surface area contributed by atoms with Gasteiger partial charge < -0.3 is 15.0 Å². The fourth-order valence-electron chi connectivity index (χ4n) is 2.41. The van der Waals surface area contributed by atoms with Gasteiger partial charge in [0.15, 0.2) is 0 Å². The first-order valence-electron chi connectivity index (χ1n) is 7.14. The number of benzene rings is 1. The first-order valence-corrected chi connectivity index (χ1v) is 7.51. The van der Waals surface area contributed by atoms with Crippen molar-refractivity contribution in [3.63, 3.8) is 0 Å². The van der Waals surface area contributed by atoms with Crippen LogP contribution in [-0.4, -0.2) is 27.6 Å². The largest absolute Gasteiger partial charge is 0.480 e. The van der Waals surface area contributed by atoms with Crippen LogP contribution in [-0.2, 0) is 16.1 Å². The smallest absolute Gasteiger partial charge is 0.326 e. The molecule has 5 nitrogen and oxygen atoms in total. The van der Waals surface area contributed by atoms with E-state index in [1.54, 1.807) is 16.8 Å². The van der Waals surface area contributed by atoms with Crippen molar-refractivity contribution in [2.24, 2.45) is 5.92 Å². The van der Waals surface area contributed by atoms with E-state index in [1.165, 1.54) is 0 Å². The van der Waals surface area contributed by atoms with E-state index in [9.17, 15) is 9.59 Å². The number of carbonyl (C=O) groups excluding carboxylic acids is 1. The van der Waals surface area contributed by atoms with Crippen LogP contribution in [0.5, 0.6) is 0 Å². The number of aromatic nitrogens is 1. The van der Waals surface area contributed by atoms with Crippen LogP contribution < -0.4 is 5.32 Å². The maximum absolute atomic E-state index is 12.1. The maximum atomic E-state index is 12.1. The summed E-state index contributed by atoms with van der Waals surface area (Å²) < 4.78 is 1.75. The minimum absolute atomic E-state index is 0.0612. The highest BCUT2D eigenvalue weighted by molar-refractivity contribution is 6.35. The summed E-state index contributed by atoms with van der Waals surface area (Å²) >= 11 is 6.10. The lowest BCUT2D eigenvalue weighted by Crippen LogP contribution is -2.43. The standard InChI is InChI=1S/C16H19ClN2O3/c1-10(2)8-13(16(21)22)18-15(20)9-19-7-6-11-12(17)4-3-5-14(11)19/h3-7,10,13H,8-9H2,1-2H3,(H,18,20)(H,21,22)/t13-/m0/s1. The number of carboxylic acid groups (broad SMARTS) is 1. The van der Waals surface area contributed by atoms with Crippen molar-refractivity contribution >= 4 is 34.4 Å². The average molecular weight is 323 g/mol. The first kappa shape index (κ1) is 16.4. The molecule has 0 fully saturated rings. The molecule has 1 atom stereocenters. The zero-order chi connectivity index (χ0) is 16.3. The number of nitrogens with one attached hydrogen (secondary N) is 1. The summed E-state index contributed by atoms with van der Waals surface area (Å²) in [5.41, 5.74) is 0.846. The number of amides is 1. The second-order valence-electron chi connectivity index (χ2n) is 5.70. The lowest BCUT2D eigenvalue weighted by molar-refractivity contribution is -0.142. The zero-order valence-corrected chi connectivity index (χ0v) is 13.3. The monoisotopic (exact) mass is 322 g/mol. The number of hydrogen-bond donors (Lipinski definition) is 2. The molecule has 1 amide bonds. The molecule has 1 aromatic carbocycles. The lowest BCUT2D eigenvalue weighted by atomic mass is 10.0. The third-order valence-corrected chi connectivity index (χ3v) is 3.74. The molecule has 6 heteroatoms. The van der Waals surface area contributed by atoms with Crippen LogP contribution in [0.15, 0.2) is 30.5 Å². The van der Waals surface area contributed by atoms with Crippen molar-refractivity contribution in [1.29, 1.82) is 0 Å². The maximum Gasteiger partial charge on any atom is 0.326 e. The molecule has 0 aliphatic rings. The van der Waals surface area contributed by atoms with Gasteiger partial charge in [-0.2, -0.15) is 0 Å². The van der Waals surface area contributed by atoms with E-state index in [2.05, 4.69) is 5.32 Å². The molecular weight excluding hydrogens is 304 g/mol. The van der Waals surface area contributed by atoms with Gasteiger partial charge in [0.2, 0.25) is 5.91 Å². The molecule has 2 aromatic rings. The molecule has 0 saturated heterocycles. The number of aliphatic carboxylic acids is 1. The molecule has 0 spiro atoms. The molecule has 1 heterocycles. The quantitative estimate of drug-likeness (QED) is 0.859. The molecule has 0 unspecified atom stereocenters. The third-order valence-electron chi connectivity index (χ3n) is 3.41. The summed E-state index contributed by atoms with van der Waals surface area (Å²) in [6, 6.07) is 6.46. The van der Waals surface area contributed by atoms with Crippen molar-refractivity contribution in [2.45, 2.75) is 32.9 Å². The number of nitrogens with zero attached hydrogens (tertiary/aromatic N) is 1. The Balaban J connectivity index is 2.10. The molecular formula is C16H19ClN2O3. The van der Waals surface area contributed by atoms with Crippen molar-refractivity contribution in [1.82, 2.24) is 9.88 Å². The fraction of sp³-hybridized carbons (Fsp3) is 0.375. The van der Waals surface area contributed by atoms with E-state index < -0.39 is 12.0 Å². The molecule has 2 rings (SSSR count). The van der Waals surface area contributed by atoms with Crippen molar-refractivity contribution in [3.8, 4) is 0 Å². The van der Waals surface area contributed by atoms with Crippen LogP contribution in [0.25, 0.3) is 10.9 Å². The predicted molar refractivity (Wildman–Crippen MR) is 86.0 cm³/mol. The van der Waals surface area contributed by atoms with E-state index in [0.29, 0.717) is 11.4 Å². The summed E-state index contributed by atoms with van der Waals surface area (Å²) in [5, 5.41) is 13.2. The van der Waals surface area contributed by atoms with E-state index in [-0.39, 0.29) is 18.4 Å². The number of carboxylic acids is 1. The first-order chi connectivity index (χ1) is 10.4. The van der Waals surface area contributed by atoms with Gasteiger partial charge in [-0.15, -0.1) is 0 Å². The van der Waals surface area contributed by atoms with Crippen LogP contribution in [0.1, 0.15) is 20.3 Å². The molecule has 0 aliphatic carbocycles. The Morgan fingerprint density at radius 1 is 1.32 bits per heavy atom. The van der Waals surface area contributed by atoms with Gasteiger partial charge in [0.25, 0.3) is 0 Å². The Morgan fingerprint density at radius 2 is 2.05 bits per heavy atom. The lowest BCUT2D eigenvalue weighted by Gasteiger charge is -2.17. The Morgan fingerprint density at radius 3 is 2.68 bits per heavy atom. The second-order valence-corrected chi connectivity index (χ2v) is 6.11. The van der Waals surface area contributed by atoms with E-state index >= 15 is 0 Å². The van der Waals surface area contributed by atoms with Gasteiger partial charge in [-0.25, -0.2) is 4.79 Å². The number of fused-ring (bicyclic) bond motifs is 1. The molecule has 1 aromatic heterocycles. The third kappa shape index (κ3) is 3.80. The number of rotatable bonds is 6. The van der Waals surface area contributed by atoms with Crippen molar-refractivity contribution in [3.05, 3.63) is 35.5 Å². The highest BCUT2D eigenvalue weighted by Gasteiger charge is 2.21. The van der Waals surface area contributed by atoms with Crippen molar-refractivity contribution in [2.75, 3.05) is 0 Å². The normalized spacial score (nSPS) is 12.5. The summed E-state index contributed by atoms with van der Waals surface area (Å²) in [6.07, 6.45) is 2.17. The van der Waals surface area contributed by atoms with Crippen LogP contribution >= 0.6 is 11.6 Å². The topological polar surface area (TPSA) is 71.3 Å². The molecule has 0 aliphatic heterocycles. The molecule has 0 bridgehead atoms. The average Bonchev–Trinajstić information content (AvgIpc) is 2.82. The number of carbonyl (C=O) groups is 2. The molecule has 0 radical (unpaired) electrons. The van der Waals surface area contributed by atoms with Crippen LogP contribution in [0, 0.1) is 5.92 Å². The Labute approximate surface area is 133 Å². The minimum atomic E-state index is -1.01. The summed E-state index contributed by atoms with van der Waals surface area (Å²) in [5.74, 6) is -1.15. The molecule has 2 N–H and O–H groups in total. The SMILES string of the molecule is CC(C)C[C@H](NC(=O)Cn1ccc2c(Cl)cccc21)C(=O)O. The minimum Gasteiger partial charge on any atom is -0.480 e. The molecule has 118 valence electrons. The molecule has 22 heavy (non-hydrogen) atoms. The summed E-state index contributed by atoms with van der Waals surface area (Å²) in [7, 11) is 0. The van der Waals surface area contributed by atoms with Crippen LogP contribution in [0.4, 0.5) is 0 Å². The fourth-order valence-corrected chi connectivity index (χ4v) is 2.64. The summed E-state index contributed by atoms with van der Waals surface area (Å²) in [4.78, 5) is 23.3. The Kier molecular flexibility index (Phi) is 5.08. The Bertz CT molecular complexity index is 694. The van der Waals surface area contributed by atoms with Crippen LogP contribution in [0.2, 0.25) is 5.02 Å². The second kappa shape index (κ2) is 6.83. The van der Waals surface area contributed by atoms with Crippen LogP contribution in [0.3, 0.4) is 0 Å². The predicted octanol–water partition coefficient (Wildman–Crippen LogP) is 2.91. The van der Waals surface area contributed by atoms with Gasteiger partial charge in [0.1, 0.15) is 12.6 Å². The van der Waals surface area contributed by atoms with Crippen molar-refractivity contribution < 1.29 is 14.7 Å². The highest BCUT2D eigenvalue weighted by atomic mass is 35.5. The van der Waals surface area contributed by atoms with Gasteiger partial charge in [-0.3, -0.25) is 4.79 Å². The van der Waals surface area contributed by atoms with Gasteiger partial charge in [0, 0.05) is 22.1 Å². The Hall–Kier alpha value is -2.01. The van der Waals surface area contributed by atoms with Gasteiger partial charge >= 0.3 is 5.97 Å². The van der Waals surface area contributed by atoms with Gasteiger partial charge in [-0.1, -0.05) is 31.5 Å². The molecule has 0 saturated carbocycles. The highest BCUT2D eigenvalue weighted by Crippen LogP contribution is 2.24. The zero-order valence-electron chi connectivity index (χ0n) is 12.5. The van der Waals surface area contributed by atoms with E-state index in [4.69, 9.17) is 16.7 Å².